The van der Waals surface area contributed by atoms with E-state index in [1.54, 1.807) is 6.92 Å². The predicted octanol–water partition coefficient (Wildman–Crippen LogP) is 1.13. The van der Waals surface area contributed by atoms with Crippen molar-refractivity contribution < 1.29 is 22.9 Å². The summed E-state index contributed by atoms with van der Waals surface area (Å²) in [6.07, 6.45) is 0.726. The monoisotopic (exact) mass is 403 g/mol. The van der Waals surface area contributed by atoms with Crippen molar-refractivity contribution in [1.82, 2.24) is 9.55 Å². The van der Waals surface area contributed by atoms with Gasteiger partial charge in [0.2, 0.25) is 0 Å². The van der Waals surface area contributed by atoms with Gasteiger partial charge in [0.05, 0.1) is 18.8 Å². The highest BCUT2D eigenvalue weighted by Crippen LogP contribution is 2.58. The van der Waals surface area contributed by atoms with Crippen LogP contribution in [0.2, 0.25) is 0 Å². The number of H-pyrrole nitrogens is 1. The molecule has 2 aliphatic heterocycles. The molecule has 1 aromatic rings. The largest absolute Gasteiger partial charge is 0.475 e. The molecular formula is C16H26N3O7P. The van der Waals surface area contributed by atoms with Crippen molar-refractivity contribution >= 4 is 7.82 Å². The van der Waals surface area contributed by atoms with Crippen molar-refractivity contribution in [3.63, 3.8) is 0 Å². The van der Waals surface area contributed by atoms with Gasteiger partial charge in [0.1, 0.15) is 12.2 Å². The average Bonchev–Trinajstić information content (AvgIpc) is 2.86. The second-order valence-corrected chi connectivity index (χ2v) is 8.78. The fourth-order valence-corrected chi connectivity index (χ4v) is 4.89. The Morgan fingerprint density at radius 2 is 2.15 bits per heavy atom. The fourth-order valence-electron chi connectivity index (χ4n) is 3.33. The molecule has 0 aromatic carbocycles. The summed E-state index contributed by atoms with van der Waals surface area (Å²) in [5, 5.41) is 0. The van der Waals surface area contributed by atoms with Gasteiger partial charge in [0.15, 0.2) is 6.23 Å². The Morgan fingerprint density at radius 1 is 1.44 bits per heavy atom. The first-order valence-electron chi connectivity index (χ1n) is 9.03. The first-order valence-corrected chi connectivity index (χ1v) is 10.5. The van der Waals surface area contributed by atoms with Crippen molar-refractivity contribution in [3.05, 3.63) is 33.1 Å². The third kappa shape index (κ3) is 3.96. The fraction of sp³-hybridized carbons (Fsp3) is 0.750. The summed E-state index contributed by atoms with van der Waals surface area (Å²) in [6.45, 7) is 5.91. The molecular weight excluding hydrogens is 377 g/mol. The Kier molecular flexibility index (Phi) is 5.77. The van der Waals surface area contributed by atoms with E-state index in [1.807, 2.05) is 13.8 Å². The van der Waals surface area contributed by atoms with E-state index in [0.717, 1.165) is 12.8 Å². The maximum Gasteiger partial charge on any atom is 0.475 e. The quantitative estimate of drug-likeness (QED) is 0.675. The van der Waals surface area contributed by atoms with Gasteiger partial charge < -0.3 is 10.5 Å². The summed E-state index contributed by atoms with van der Waals surface area (Å²) in [5.41, 5.74) is 4.03. The molecule has 27 heavy (non-hydrogen) atoms. The highest BCUT2D eigenvalue weighted by atomic mass is 31.2. The first kappa shape index (κ1) is 20.4. The molecule has 152 valence electrons. The summed E-state index contributed by atoms with van der Waals surface area (Å²) in [5.74, 6) is 0.248. The lowest BCUT2D eigenvalue weighted by atomic mass is 9.93. The van der Waals surface area contributed by atoms with Crippen LogP contribution in [0.25, 0.3) is 0 Å². The second kappa shape index (κ2) is 7.62. The molecule has 2 fully saturated rings. The molecule has 10 nitrogen and oxygen atoms in total. The summed E-state index contributed by atoms with van der Waals surface area (Å²) >= 11 is 0. The number of hydrogen-bond acceptors (Lipinski definition) is 8. The number of aromatic nitrogens is 2. The number of nitrogens with zero attached hydrogens (tertiary/aromatic N) is 1. The molecule has 0 radical (unpaired) electrons. The minimum absolute atomic E-state index is 0.0355. The second-order valence-electron chi connectivity index (χ2n) is 7.16. The summed E-state index contributed by atoms with van der Waals surface area (Å²) in [4.78, 5) is 25.6. The normalized spacial score (nSPS) is 36.1. The lowest BCUT2D eigenvalue weighted by Gasteiger charge is -2.36. The SMILES string of the molecule is CCC(CC)CO[P@@]1(=O)OC[C@H]2O[C@@H](n3ccc(=O)[nH]c3=O)[C@](C)(N)[C@@H]2O1. The number of fused-ring (bicyclic) bond motifs is 1. The van der Waals surface area contributed by atoms with E-state index < -0.39 is 43.0 Å². The molecule has 0 bridgehead atoms. The van der Waals surface area contributed by atoms with Crippen LogP contribution in [0.1, 0.15) is 39.8 Å². The van der Waals surface area contributed by atoms with Crippen LogP contribution in [0.3, 0.4) is 0 Å². The Balaban J connectivity index is 1.79. The van der Waals surface area contributed by atoms with E-state index in [4.69, 9.17) is 24.0 Å². The Bertz CT molecular complexity index is 832. The number of aromatic amines is 1. The van der Waals surface area contributed by atoms with Crippen molar-refractivity contribution in [2.75, 3.05) is 13.2 Å². The number of nitrogens with one attached hydrogen (secondary N) is 1. The van der Waals surface area contributed by atoms with Gasteiger partial charge in [-0.05, 0) is 12.8 Å². The maximum absolute atomic E-state index is 12.9. The minimum atomic E-state index is -3.79. The Hall–Kier alpha value is -1.29. The van der Waals surface area contributed by atoms with Crippen molar-refractivity contribution in [1.29, 1.82) is 0 Å². The van der Waals surface area contributed by atoms with E-state index in [0.29, 0.717) is 0 Å². The maximum atomic E-state index is 12.9. The van der Waals surface area contributed by atoms with Crippen LogP contribution in [0, 0.1) is 5.92 Å². The molecule has 1 aromatic heterocycles. The number of nitrogens with two attached hydrogens (primary N) is 1. The highest BCUT2D eigenvalue weighted by Gasteiger charge is 2.59. The zero-order chi connectivity index (χ0) is 19.8. The van der Waals surface area contributed by atoms with Crippen molar-refractivity contribution in [2.45, 2.75) is 57.6 Å². The summed E-state index contributed by atoms with van der Waals surface area (Å²) in [7, 11) is -3.79. The van der Waals surface area contributed by atoms with Gasteiger partial charge in [-0.2, -0.15) is 0 Å². The van der Waals surface area contributed by atoms with E-state index in [2.05, 4.69) is 4.98 Å². The topological polar surface area (TPSA) is 135 Å². The lowest BCUT2D eigenvalue weighted by Crippen LogP contribution is -2.55. The third-order valence-corrected chi connectivity index (χ3v) is 6.57. The number of ether oxygens (including phenoxy) is 1. The van der Waals surface area contributed by atoms with Crippen LogP contribution in [0.15, 0.2) is 21.9 Å². The average molecular weight is 403 g/mol. The van der Waals surface area contributed by atoms with Gasteiger partial charge in [-0.15, -0.1) is 0 Å². The predicted molar refractivity (Wildman–Crippen MR) is 96.3 cm³/mol. The molecule has 3 rings (SSSR count). The molecule has 0 saturated carbocycles. The molecule has 0 spiro atoms. The Morgan fingerprint density at radius 3 is 2.78 bits per heavy atom. The van der Waals surface area contributed by atoms with E-state index in [1.165, 1.54) is 16.8 Å². The van der Waals surface area contributed by atoms with Gasteiger partial charge in [0.25, 0.3) is 5.56 Å². The molecule has 11 heteroatoms. The standard InChI is InChI=1S/C16H26N3O7P/c1-4-10(5-2)8-23-27(22)24-9-11-13(26-27)16(3,17)14(25-11)19-7-6-12(20)18-15(19)21/h6-7,10-11,13-14H,4-5,8-9,17H2,1-3H3,(H,18,20,21)/t11-,13-,14-,16-,27+/m1/s1. The van der Waals surface area contributed by atoms with Crippen LogP contribution in [0.5, 0.6) is 0 Å². The van der Waals surface area contributed by atoms with Gasteiger partial charge >= 0.3 is 13.5 Å². The number of phosphoric ester groups is 1. The van der Waals surface area contributed by atoms with Crippen LogP contribution >= 0.6 is 7.82 Å². The first-order chi connectivity index (χ1) is 12.7. The minimum Gasteiger partial charge on any atom is -0.347 e. The molecule has 2 saturated heterocycles. The number of hydrogen-bond donors (Lipinski definition) is 2. The van der Waals surface area contributed by atoms with Crippen molar-refractivity contribution in [2.24, 2.45) is 11.7 Å². The van der Waals surface area contributed by atoms with E-state index in [9.17, 15) is 14.2 Å². The molecule has 0 unspecified atom stereocenters. The zero-order valence-electron chi connectivity index (χ0n) is 15.6. The van der Waals surface area contributed by atoms with Crippen LogP contribution in [-0.4, -0.2) is 40.5 Å². The molecule has 2 aliphatic rings. The number of phosphoric acid groups is 1. The van der Waals surface area contributed by atoms with Gasteiger partial charge in [-0.3, -0.25) is 27.9 Å². The summed E-state index contributed by atoms with van der Waals surface area (Å²) < 4.78 is 36.3. The third-order valence-electron chi connectivity index (χ3n) is 5.15. The van der Waals surface area contributed by atoms with Crippen molar-refractivity contribution in [3.8, 4) is 0 Å². The molecule has 3 N–H and O–H groups in total. The highest BCUT2D eigenvalue weighted by molar-refractivity contribution is 7.48. The van der Waals surface area contributed by atoms with Gasteiger partial charge in [0, 0.05) is 12.3 Å². The summed E-state index contributed by atoms with van der Waals surface area (Å²) in [6, 6.07) is 1.20. The van der Waals surface area contributed by atoms with E-state index >= 15 is 0 Å². The smallest absolute Gasteiger partial charge is 0.347 e. The zero-order valence-corrected chi connectivity index (χ0v) is 16.5. The van der Waals surface area contributed by atoms with Crippen LogP contribution in [0.4, 0.5) is 0 Å². The van der Waals surface area contributed by atoms with Gasteiger partial charge in [-0.1, -0.05) is 26.7 Å². The molecule has 3 heterocycles. The Labute approximate surface area is 156 Å². The molecule has 0 aliphatic carbocycles. The van der Waals surface area contributed by atoms with Crippen LogP contribution in [-0.2, 0) is 22.9 Å². The number of rotatable bonds is 6. The molecule has 5 atom stereocenters. The lowest BCUT2D eigenvalue weighted by molar-refractivity contribution is -0.0733. The van der Waals surface area contributed by atoms with Crippen LogP contribution < -0.4 is 17.0 Å². The molecule has 0 amide bonds. The van der Waals surface area contributed by atoms with E-state index in [-0.39, 0.29) is 19.1 Å². The van der Waals surface area contributed by atoms with Gasteiger partial charge in [-0.25, -0.2) is 9.36 Å².